The van der Waals surface area contributed by atoms with E-state index in [2.05, 4.69) is 46.7 Å². The van der Waals surface area contributed by atoms with Crippen LogP contribution in [0.3, 0.4) is 0 Å². The second kappa shape index (κ2) is 9.92. The fourth-order valence-electron chi connectivity index (χ4n) is 2.39. The number of rotatable bonds is 5. The number of hydrogen-bond acceptors (Lipinski definition) is 7. The molecule has 8 nitrogen and oxygen atoms in total. The van der Waals surface area contributed by atoms with Crippen LogP contribution in [0.25, 0.3) is 0 Å². The molecule has 0 saturated carbocycles. The van der Waals surface area contributed by atoms with Crippen LogP contribution in [0.5, 0.6) is 11.5 Å². The number of anilines is 2. The third-order valence-electron chi connectivity index (χ3n) is 3.78. The summed E-state index contributed by atoms with van der Waals surface area (Å²) in [5, 5.41) is 6.95. The van der Waals surface area contributed by atoms with Gasteiger partial charge >= 0.3 is 0 Å². The Bertz CT molecular complexity index is 961. The maximum absolute atomic E-state index is 5.87. The molecule has 2 aromatic heterocycles. The maximum atomic E-state index is 5.87. The van der Waals surface area contributed by atoms with Gasteiger partial charge < -0.3 is 19.8 Å². The summed E-state index contributed by atoms with van der Waals surface area (Å²) in [6.45, 7) is 5.82. The monoisotopic (exact) mass is 458 g/mol. The quantitative estimate of drug-likeness (QED) is 0.492. The van der Waals surface area contributed by atoms with Crippen molar-refractivity contribution in [3.8, 4) is 11.5 Å². The molecule has 0 spiro atoms. The summed E-state index contributed by atoms with van der Waals surface area (Å²) < 4.78 is 11.9. The molecule has 1 unspecified atom stereocenters. The molecular weight excluding hydrogens is 436 g/mol. The fourth-order valence-corrected chi connectivity index (χ4v) is 2.70. The third-order valence-corrected chi connectivity index (χ3v) is 4.21. The van der Waals surface area contributed by atoms with E-state index in [0.717, 1.165) is 28.2 Å². The standard InChI is InChI=1S/C15H13BrN4O.C5H10N2O/c1-10-8-18-15(19-10)20-14-13(7-11(16)9-17-14)21-12-5-3-2-4-6-12;1-3-5-7-6-4(2)8-5/h2-9H,1H3,(H2,17,18,19,20);5,7H,3H2,1-2H3. The number of benzene rings is 1. The molecule has 1 aliphatic rings. The highest BCUT2D eigenvalue weighted by molar-refractivity contribution is 9.10. The van der Waals surface area contributed by atoms with Crippen molar-refractivity contribution < 1.29 is 9.47 Å². The van der Waals surface area contributed by atoms with Gasteiger partial charge in [0.05, 0.1) is 0 Å². The number of aromatic amines is 1. The number of aromatic nitrogens is 3. The van der Waals surface area contributed by atoms with Crippen LogP contribution in [-0.2, 0) is 4.74 Å². The number of hydrogen-bond donors (Lipinski definition) is 3. The number of nitrogens with one attached hydrogen (secondary N) is 3. The van der Waals surface area contributed by atoms with Crippen LogP contribution in [-0.4, -0.2) is 27.1 Å². The molecule has 1 aliphatic heterocycles. The zero-order valence-electron chi connectivity index (χ0n) is 16.4. The van der Waals surface area contributed by atoms with Gasteiger partial charge in [0.15, 0.2) is 17.8 Å². The van der Waals surface area contributed by atoms with Crippen LogP contribution < -0.4 is 15.5 Å². The molecule has 4 rings (SSSR count). The van der Waals surface area contributed by atoms with Crippen LogP contribution in [0.15, 0.2) is 58.4 Å². The van der Waals surface area contributed by atoms with E-state index < -0.39 is 0 Å². The average molecular weight is 459 g/mol. The van der Waals surface area contributed by atoms with Crippen molar-refractivity contribution in [3.63, 3.8) is 0 Å². The van der Waals surface area contributed by atoms with Crippen LogP contribution in [0, 0.1) is 6.92 Å². The molecule has 152 valence electrons. The number of nitrogens with zero attached hydrogens (tertiary/aromatic N) is 3. The van der Waals surface area contributed by atoms with Gasteiger partial charge in [-0.25, -0.2) is 9.97 Å². The van der Waals surface area contributed by atoms with E-state index in [0.29, 0.717) is 17.5 Å². The summed E-state index contributed by atoms with van der Waals surface area (Å²) in [6.07, 6.45) is 4.53. The minimum atomic E-state index is 0.120. The van der Waals surface area contributed by atoms with Crippen molar-refractivity contribution in [2.24, 2.45) is 5.10 Å². The predicted octanol–water partition coefficient (Wildman–Crippen LogP) is 5.09. The number of aryl methyl sites for hydroxylation is 1. The van der Waals surface area contributed by atoms with E-state index in [1.165, 1.54) is 0 Å². The van der Waals surface area contributed by atoms with E-state index >= 15 is 0 Å². The summed E-state index contributed by atoms with van der Waals surface area (Å²) in [6, 6.07) is 11.4. The van der Waals surface area contributed by atoms with E-state index in [9.17, 15) is 0 Å². The zero-order chi connectivity index (χ0) is 20.6. The molecule has 3 heterocycles. The number of hydrazone groups is 1. The molecule has 1 aromatic carbocycles. The molecule has 0 radical (unpaired) electrons. The van der Waals surface area contributed by atoms with Gasteiger partial charge in [0.2, 0.25) is 11.8 Å². The second-order valence-corrected chi connectivity index (χ2v) is 7.15. The van der Waals surface area contributed by atoms with Crippen molar-refractivity contribution in [2.75, 3.05) is 5.32 Å². The number of pyridine rings is 1. The van der Waals surface area contributed by atoms with Crippen molar-refractivity contribution in [1.29, 1.82) is 0 Å². The molecule has 0 amide bonds. The maximum Gasteiger partial charge on any atom is 0.206 e. The van der Waals surface area contributed by atoms with Gasteiger partial charge in [-0.3, -0.25) is 5.43 Å². The first-order valence-electron chi connectivity index (χ1n) is 9.17. The van der Waals surface area contributed by atoms with Crippen LogP contribution in [0.1, 0.15) is 26.0 Å². The molecule has 0 fully saturated rings. The first-order valence-corrected chi connectivity index (χ1v) is 9.96. The van der Waals surface area contributed by atoms with E-state index in [4.69, 9.17) is 9.47 Å². The Kier molecular flexibility index (Phi) is 7.07. The summed E-state index contributed by atoms with van der Waals surface area (Å²) in [4.78, 5) is 11.6. The third kappa shape index (κ3) is 6.21. The smallest absolute Gasteiger partial charge is 0.206 e. The Balaban J connectivity index is 0.000000252. The highest BCUT2D eigenvalue weighted by atomic mass is 79.9. The van der Waals surface area contributed by atoms with E-state index in [1.807, 2.05) is 57.2 Å². The number of ether oxygens (including phenoxy) is 2. The lowest BCUT2D eigenvalue weighted by molar-refractivity contribution is 0.181. The van der Waals surface area contributed by atoms with Crippen molar-refractivity contribution in [3.05, 3.63) is 59.0 Å². The number of para-hydroxylation sites is 1. The van der Waals surface area contributed by atoms with Crippen LogP contribution >= 0.6 is 15.9 Å². The Morgan fingerprint density at radius 2 is 1.97 bits per heavy atom. The Hall–Kier alpha value is -3.07. The second-order valence-electron chi connectivity index (χ2n) is 6.23. The molecule has 0 aliphatic carbocycles. The summed E-state index contributed by atoms with van der Waals surface area (Å²) in [7, 11) is 0. The molecule has 0 bridgehead atoms. The lowest BCUT2D eigenvalue weighted by Crippen LogP contribution is -2.19. The molecule has 0 saturated heterocycles. The topological polar surface area (TPSA) is 96.5 Å². The van der Waals surface area contributed by atoms with Crippen LogP contribution in [0.2, 0.25) is 0 Å². The van der Waals surface area contributed by atoms with E-state index in [-0.39, 0.29) is 6.23 Å². The fraction of sp³-hybridized carbons (Fsp3) is 0.250. The lowest BCUT2D eigenvalue weighted by Gasteiger charge is -2.11. The first-order chi connectivity index (χ1) is 14.0. The average Bonchev–Trinajstić information content (AvgIpc) is 3.33. The molecule has 3 N–H and O–H groups in total. The van der Waals surface area contributed by atoms with Gasteiger partial charge in [-0.05, 0) is 35.0 Å². The van der Waals surface area contributed by atoms with Crippen molar-refractivity contribution >= 4 is 33.6 Å². The minimum Gasteiger partial charge on any atom is -0.455 e. The normalized spacial score (nSPS) is 14.8. The first kappa shape index (κ1) is 20.7. The molecule has 3 aromatic rings. The Labute approximate surface area is 177 Å². The largest absolute Gasteiger partial charge is 0.455 e. The number of halogens is 1. The van der Waals surface area contributed by atoms with Crippen LogP contribution in [0.4, 0.5) is 11.8 Å². The minimum absolute atomic E-state index is 0.120. The van der Waals surface area contributed by atoms with Gasteiger partial charge in [0.25, 0.3) is 0 Å². The molecular formula is C20H23BrN6O2. The highest BCUT2D eigenvalue weighted by Crippen LogP contribution is 2.31. The molecule has 29 heavy (non-hydrogen) atoms. The summed E-state index contributed by atoms with van der Waals surface area (Å²) >= 11 is 3.41. The van der Waals surface area contributed by atoms with Crippen molar-refractivity contribution in [2.45, 2.75) is 33.4 Å². The van der Waals surface area contributed by atoms with Gasteiger partial charge in [0, 0.05) is 42.0 Å². The molecule has 9 heteroatoms. The van der Waals surface area contributed by atoms with E-state index in [1.54, 1.807) is 12.4 Å². The zero-order valence-corrected chi connectivity index (χ0v) is 18.0. The number of H-pyrrole nitrogens is 1. The molecule has 1 atom stereocenters. The van der Waals surface area contributed by atoms with Crippen molar-refractivity contribution in [1.82, 2.24) is 20.4 Å². The van der Waals surface area contributed by atoms with Gasteiger partial charge in [0.1, 0.15) is 5.75 Å². The summed E-state index contributed by atoms with van der Waals surface area (Å²) in [5.74, 6) is 3.31. The van der Waals surface area contributed by atoms with Gasteiger partial charge in [-0.15, -0.1) is 5.10 Å². The lowest BCUT2D eigenvalue weighted by atomic mass is 10.3. The Morgan fingerprint density at radius 1 is 1.17 bits per heavy atom. The highest BCUT2D eigenvalue weighted by Gasteiger charge is 2.11. The SMILES string of the molecule is CCC1NN=C(C)O1.Cc1cnc(Nc2ncc(Br)cc2Oc2ccccc2)[nH]1. The summed E-state index contributed by atoms with van der Waals surface area (Å²) in [5.41, 5.74) is 3.79. The predicted molar refractivity (Wildman–Crippen MR) is 116 cm³/mol. The van der Waals surface area contributed by atoms with Gasteiger partial charge in [-0.1, -0.05) is 25.1 Å². The number of imidazole rings is 1. The van der Waals surface area contributed by atoms with Gasteiger partial charge in [-0.2, -0.15) is 0 Å². The Morgan fingerprint density at radius 3 is 2.55 bits per heavy atom.